The summed E-state index contributed by atoms with van der Waals surface area (Å²) in [5, 5.41) is 8.48. The van der Waals surface area contributed by atoms with Crippen molar-refractivity contribution in [1.29, 1.82) is 0 Å². The van der Waals surface area contributed by atoms with Crippen LogP contribution in [-0.2, 0) is 23.2 Å². The van der Waals surface area contributed by atoms with Crippen LogP contribution in [0.4, 0.5) is 0 Å². The first kappa shape index (κ1) is 25.3. The van der Waals surface area contributed by atoms with Gasteiger partial charge in [0.1, 0.15) is 0 Å². The molecular formula is C25H39N7O3. The number of hydrogen-bond acceptors (Lipinski definition) is 7. The predicted molar refractivity (Wildman–Crippen MR) is 130 cm³/mol. The summed E-state index contributed by atoms with van der Waals surface area (Å²) in [7, 11) is 3.77. The number of nitrogens with zero attached hydrogens (tertiary/aromatic N) is 7. The third kappa shape index (κ3) is 5.12. The molecule has 10 nitrogen and oxygen atoms in total. The molecule has 10 heteroatoms. The van der Waals surface area contributed by atoms with Crippen LogP contribution < -0.4 is 0 Å². The lowest BCUT2D eigenvalue weighted by Crippen LogP contribution is -2.46. The highest BCUT2D eigenvalue weighted by molar-refractivity contribution is 5.78. The molecule has 0 aliphatic carbocycles. The van der Waals surface area contributed by atoms with E-state index in [2.05, 4.69) is 20.1 Å². The minimum absolute atomic E-state index is 0.0125. The SMILES string of the molecule is Cc1noc(C2CC3(CCN(C(=O)C(C)C)CC3)CN2CC(=O)N(C)Cc2c(C)nn(C)c2C)n1. The molecule has 0 aromatic carbocycles. The van der Waals surface area contributed by atoms with Crippen molar-refractivity contribution in [3.8, 4) is 0 Å². The summed E-state index contributed by atoms with van der Waals surface area (Å²) in [5.74, 6) is 1.46. The maximum atomic E-state index is 13.3. The normalized spacial score (nSPS) is 20.2. The van der Waals surface area contributed by atoms with Gasteiger partial charge in [-0.2, -0.15) is 10.1 Å². The van der Waals surface area contributed by atoms with E-state index in [1.165, 1.54) is 0 Å². The molecule has 0 radical (unpaired) electrons. The Bertz CT molecular complexity index is 1080. The van der Waals surface area contributed by atoms with Crippen LogP contribution in [0.5, 0.6) is 0 Å². The Kier molecular flexibility index (Phi) is 7.04. The molecule has 192 valence electrons. The number of piperidine rings is 1. The third-order valence-electron chi connectivity index (χ3n) is 7.88. The molecule has 2 aliphatic rings. The number of carbonyl (C=O) groups excluding carboxylic acids is 2. The molecule has 4 rings (SSSR count). The van der Waals surface area contributed by atoms with E-state index in [4.69, 9.17) is 4.52 Å². The van der Waals surface area contributed by atoms with Crippen molar-refractivity contribution >= 4 is 11.8 Å². The topological polar surface area (TPSA) is 101 Å². The number of rotatable bonds is 6. The molecule has 1 unspecified atom stereocenters. The molecule has 0 bridgehead atoms. The number of aryl methyl sites for hydroxylation is 3. The average molecular weight is 486 g/mol. The lowest BCUT2D eigenvalue weighted by atomic mass is 9.76. The highest BCUT2D eigenvalue weighted by Gasteiger charge is 2.48. The Morgan fingerprint density at radius 2 is 1.89 bits per heavy atom. The van der Waals surface area contributed by atoms with Gasteiger partial charge in [0, 0.05) is 57.4 Å². The van der Waals surface area contributed by atoms with Crippen LogP contribution in [-0.4, -0.2) is 79.7 Å². The molecule has 2 amide bonds. The van der Waals surface area contributed by atoms with E-state index in [0.29, 0.717) is 18.3 Å². The number of carbonyl (C=O) groups is 2. The summed E-state index contributed by atoms with van der Waals surface area (Å²) < 4.78 is 7.43. The summed E-state index contributed by atoms with van der Waals surface area (Å²) in [5.41, 5.74) is 3.15. The Morgan fingerprint density at radius 3 is 2.43 bits per heavy atom. The smallest absolute Gasteiger partial charge is 0.244 e. The Morgan fingerprint density at radius 1 is 1.20 bits per heavy atom. The van der Waals surface area contributed by atoms with Crippen molar-refractivity contribution in [2.24, 2.45) is 18.4 Å². The van der Waals surface area contributed by atoms with Gasteiger partial charge in [-0.1, -0.05) is 19.0 Å². The van der Waals surface area contributed by atoms with Gasteiger partial charge in [0.05, 0.1) is 18.3 Å². The lowest BCUT2D eigenvalue weighted by molar-refractivity contribution is -0.136. The van der Waals surface area contributed by atoms with E-state index in [0.717, 1.165) is 55.8 Å². The van der Waals surface area contributed by atoms with Gasteiger partial charge in [-0.3, -0.25) is 19.2 Å². The zero-order valence-corrected chi connectivity index (χ0v) is 22.2. The van der Waals surface area contributed by atoms with Crippen molar-refractivity contribution < 1.29 is 14.1 Å². The number of likely N-dealkylation sites (tertiary alicyclic amines) is 2. The first-order valence-electron chi connectivity index (χ1n) is 12.6. The molecule has 2 aromatic heterocycles. The van der Waals surface area contributed by atoms with Gasteiger partial charge >= 0.3 is 0 Å². The number of amides is 2. The van der Waals surface area contributed by atoms with Crippen LogP contribution in [0.2, 0.25) is 0 Å². The zero-order chi connectivity index (χ0) is 25.5. The summed E-state index contributed by atoms with van der Waals surface area (Å²) in [6.07, 6.45) is 2.70. The molecule has 2 fully saturated rings. The average Bonchev–Trinajstić information content (AvgIpc) is 3.46. The van der Waals surface area contributed by atoms with Gasteiger partial charge in [0.15, 0.2) is 5.82 Å². The monoisotopic (exact) mass is 485 g/mol. The second-order valence-electron chi connectivity index (χ2n) is 10.8. The highest BCUT2D eigenvalue weighted by Crippen LogP contribution is 2.48. The van der Waals surface area contributed by atoms with E-state index in [9.17, 15) is 9.59 Å². The van der Waals surface area contributed by atoms with Crippen LogP contribution in [0.3, 0.4) is 0 Å². The van der Waals surface area contributed by atoms with E-state index in [1.807, 2.05) is 58.3 Å². The summed E-state index contributed by atoms with van der Waals surface area (Å²) >= 11 is 0. The molecule has 1 spiro atoms. The van der Waals surface area contributed by atoms with E-state index in [-0.39, 0.29) is 35.7 Å². The number of aromatic nitrogens is 4. The second-order valence-corrected chi connectivity index (χ2v) is 10.8. The minimum Gasteiger partial charge on any atom is -0.342 e. The molecular weight excluding hydrogens is 446 g/mol. The standard InChI is InChI=1S/C25H39N7O3/c1-16(2)24(34)31-10-8-25(9-11-31)12-21(23-26-19(5)28-35-23)32(15-25)14-22(33)29(6)13-20-17(3)27-30(7)18(20)4/h16,21H,8-15H2,1-7H3. The molecule has 2 aromatic rings. The Labute approximate surface area is 207 Å². The quantitative estimate of drug-likeness (QED) is 0.619. The fourth-order valence-corrected chi connectivity index (χ4v) is 5.60. The molecule has 0 saturated carbocycles. The molecule has 2 aliphatic heterocycles. The lowest BCUT2D eigenvalue weighted by Gasteiger charge is -2.40. The second kappa shape index (κ2) is 9.72. The summed E-state index contributed by atoms with van der Waals surface area (Å²) in [6.45, 7) is 12.8. The predicted octanol–water partition coefficient (Wildman–Crippen LogP) is 2.40. The van der Waals surface area contributed by atoms with Gasteiger partial charge in [-0.25, -0.2) is 0 Å². The molecule has 35 heavy (non-hydrogen) atoms. The van der Waals surface area contributed by atoms with E-state index >= 15 is 0 Å². The number of likely N-dealkylation sites (N-methyl/N-ethyl adjacent to an activating group) is 1. The zero-order valence-electron chi connectivity index (χ0n) is 22.2. The van der Waals surface area contributed by atoms with Gasteiger partial charge in [0.25, 0.3) is 0 Å². The maximum Gasteiger partial charge on any atom is 0.244 e. The van der Waals surface area contributed by atoms with Crippen molar-refractivity contribution in [2.45, 2.75) is 66.5 Å². The summed E-state index contributed by atoms with van der Waals surface area (Å²) in [6, 6.07) is -0.0947. The van der Waals surface area contributed by atoms with Crippen LogP contribution in [0.25, 0.3) is 0 Å². The molecule has 1 atom stereocenters. The van der Waals surface area contributed by atoms with Crippen LogP contribution in [0, 0.1) is 32.1 Å². The molecule has 4 heterocycles. The number of hydrogen-bond donors (Lipinski definition) is 0. The third-order valence-corrected chi connectivity index (χ3v) is 7.88. The first-order chi connectivity index (χ1) is 16.5. The summed E-state index contributed by atoms with van der Waals surface area (Å²) in [4.78, 5) is 36.3. The molecule has 2 saturated heterocycles. The van der Waals surface area contributed by atoms with Crippen LogP contribution in [0.15, 0.2) is 4.52 Å². The van der Waals surface area contributed by atoms with E-state index in [1.54, 1.807) is 4.90 Å². The largest absolute Gasteiger partial charge is 0.342 e. The van der Waals surface area contributed by atoms with E-state index < -0.39 is 0 Å². The fraction of sp³-hybridized carbons (Fsp3) is 0.720. The minimum atomic E-state index is -0.0947. The Balaban J connectivity index is 1.48. The van der Waals surface area contributed by atoms with Crippen LogP contribution >= 0.6 is 0 Å². The van der Waals surface area contributed by atoms with Gasteiger partial charge < -0.3 is 14.3 Å². The van der Waals surface area contributed by atoms with Gasteiger partial charge in [-0.15, -0.1) is 0 Å². The van der Waals surface area contributed by atoms with Crippen molar-refractivity contribution in [2.75, 3.05) is 33.2 Å². The van der Waals surface area contributed by atoms with Gasteiger partial charge in [0.2, 0.25) is 17.7 Å². The fourth-order valence-electron chi connectivity index (χ4n) is 5.60. The van der Waals surface area contributed by atoms with Crippen molar-refractivity contribution in [1.82, 2.24) is 34.6 Å². The van der Waals surface area contributed by atoms with Gasteiger partial charge in [-0.05, 0) is 45.4 Å². The van der Waals surface area contributed by atoms with Crippen molar-refractivity contribution in [3.05, 3.63) is 28.7 Å². The highest BCUT2D eigenvalue weighted by atomic mass is 16.5. The first-order valence-corrected chi connectivity index (χ1v) is 12.6. The molecule has 0 N–H and O–H groups in total. The Hall–Kier alpha value is -2.75. The maximum absolute atomic E-state index is 13.3. The van der Waals surface area contributed by atoms with Crippen molar-refractivity contribution in [3.63, 3.8) is 0 Å². The van der Waals surface area contributed by atoms with Crippen LogP contribution in [0.1, 0.15) is 67.8 Å².